The predicted octanol–water partition coefficient (Wildman–Crippen LogP) is 2.85. The van der Waals surface area contributed by atoms with Crippen LogP contribution in [0, 0.1) is 23.7 Å². The van der Waals surface area contributed by atoms with Crippen LogP contribution < -0.4 is 0 Å². The van der Waals surface area contributed by atoms with Crippen molar-refractivity contribution < 1.29 is 8.78 Å². The molecule has 2 heteroatoms. The number of fused-ring (bicyclic) bond motifs is 5. The molecule has 4 unspecified atom stereocenters. The summed E-state index contributed by atoms with van der Waals surface area (Å²) in [5.74, 6) is -1.64. The van der Waals surface area contributed by atoms with Crippen LogP contribution in [0.15, 0.2) is 12.2 Å². The molecule has 3 rings (SSSR count). The average molecular weight is 170 g/mol. The highest BCUT2D eigenvalue weighted by atomic mass is 19.3. The molecule has 0 nitrogen and oxygen atoms in total. The van der Waals surface area contributed by atoms with Gasteiger partial charge >= 0.3 is 0 Å². The molecule has 4 atom stereocenters. The molecule has 2 fully saturated rings. The lowest BCUT2D eigenvalue weighted by molar-refractivity contribution is -0.0525. The molecule has 3 aliphatic rings. The number of allylic oxidation sites excluding steroid dienone is 2. The number of alkyl halides is 2. The molecule has 0 heterocycles. The van der Waals surface area contributed by atoms with Gasteiger partial charge in [0.15, 0.2) is 0 Å². The van der Waals surface area contributed by atoms with Crippen molar-refractivity contribution in [2.24, 2.45) is 23.7 Å². The minimum absolute atomic E-state index is 0.136. The lowest BCUT2D eigenvalue weighted by Crippen LogP contribution is -2.28. The van der Waals surface area contributed by atoms with Gasteiger partial charge in [0.1, 0.15) is 0 Å². The fraction of sp³-hybridized carbons (Fsp3) is 0.800. The summed E-state index contributed by atoms with van der Waals surface area (Å²) in [6.07, 6.45) is 6.07. The number of rotatable bonds is 0. The Hall–Kier alpha value is -0.400. The highest BCUT2D eigenvalue weighted by Gasteiger charge is 2.59. The molecule has 2 saturated carbocycles. The molecule has 12 heavy (non-hydrogen) atoms. The van der Waals surface area contributed by atoms with Crippen molar-refractivity contribution in [3.05, 3.63) is 12.2 Å². The average Bonchev–Trinajstić information content (AvgIpc) is 2.61. The summed E-state index contributed by atoms with van der Waals surface area (Å²) >= 11 is 0. The first-order valence-corrected chi connectivity index (χ1v) is 4.74. The molecule has 0 aromatic carbocycles. The highest BCUT2D eigenvalue weighted by molar-refractivity contribution is 5.18. The Morgan fingerprint density at radius 2 is 1.92 bits per heavy atom. The van der Waals surface area contributed by atoms with Crippen LogP contribution in [-0.4, -0.2) is 5.92 Å². The first-order valence-electron chi connectivity index (χ1n) is 4.74. The van der Waals surface area contributed by atoms with Gasteiger partial charge in [-0.3, -0.25) is 0 Å². The lowest BCUT2D eigenvalue weighted by atomic mass is 9.85. The quantitative estimate of drug-likeness (QED) is 0.490. The van der Waals surface area contributed by atoms with Crippen molar-refractivity contribution in [3.63, 3.8) is 0 Å². The Kier molecular flexibility index (Phi) is 1.12. The van der Waals surface area contributed by atoms with Crippen LogP contribution in [0.2, 0.25) is 0 Å². The van der Waals surface area contributed by atoms with Gasteiger partial charge in [0.2, 0.25) is 0 Å². The van der Waals surface area contributed by atoms with Crippen LogP contribution in [-0.2, 0) is 0 Å². The van der Waals surface area contributed by atoms with Gasteiger partial charge < -0.3 is 0 Å². The van der Waals surface area contributed by atoms with E-state index in [4.69, 9.17) is 0 Å². The van der Waals surface area contributed by atoms with Crippen molar-refractivity contribution in [3.8, 4) is 0 Å². The van der Waals surface area contributed by atoms with E-state index in [1.54, 1.807) is 0 Å². The van der Waals surface area contributed by atoms with Crippen molar-refractivity contribution in [1.82, 2.24) is 0 Å². The highest BCUT2D eigenvalue weighted by Crippen LogP contribution is 2.60. The summed E-state index contributed by atoms with van der Waals surface area (Å²) in [6.45, 7) is 0. The zero-order valence-corrected chi connectivity index (χ0v) is 6.84. The zero-order chi connectivity index (χ0) is 8.34. The third-order valence-electron chi connectivity index (χ3n) is 3.92. The van der Waals surface area contributed by atoms with Gasteiger partial charge in [0.05, 0.1) is 0 Å². The van der Waals surface area contributed by atoms with E-state index >= 15 is 0 Å². The summed E-state index contributed by atoms with van der Waals surface area (Å²) in [5, 5.41) is 0. The van der Waals surface area contributed by atoms with Gasteiger partial charge in [0, 0.05) is 12.3 Å². The second-order valence-corrected chi connectivity index (χ2v) is 4.44. The van der Waals surface area contributed by atoms with E-state index in [0.717, 1.165) is 12.8 Å². The van der Waals surface area contributed by atoms with Crippen LogP contribution in [0.1, 0.15) is 19.3 Å². The first-order chi connectivity index (χ1) is 5.68. The van der Waals surface area contributed by atoms with Gasteiger partial charge in [-0.15, -0.1) is 0 Å². The maximum absolute atomic E-state index is 13.3. The molecule has 0 radical (unpaired) electrons. The van der Waals surface area contributed by atoms with Crippen LogP contribution in [0.4, 0.5) is 8.78 Å². The maximum atomic E-state index is 13.3. The van der Waals surface area contributed by atoms with Gasteiger partial charge in [0.25, 0.3) is 5.92 Å². The predicted molar refractivity (Wildman–Crippen MR) is 41.9 cm³/mol. The molecule has 0 amide bonds. The van der Waals surface area contributed by atoms with E-state index in [1.165, 1.54) is 0 Å². The van der Waals surface area contributed by atoms with E-state index in [9.17, 15) is 8.78 Å². The minimum Gasteiger partial charge on any atom is -0.207 e. The molecule has 0 aromatic heterocycles. The molecular formula is C10H12F2. The summed E-state index contributed by atoms with van der Waals surface area (Å²) in [5.41, 5.74) is 0. The summed E-state index contributed by atoms with van der Waals surface area (Å²) in [7, 11) is 0. The summed E-state index contributed by atoms with van der Waals surface area (Å²) in [6, 6.07) is 0. The fourth-order valence-corrected chi connectivity index (χ4v) is 3.47. The van der Waals surface area contributed by atoms with E-state index in [0.29, 0.717) is 11.8 Å². The Morgan fingerprint density at radius 3 is 2.67 bits per heavy atom. The van der Waals surface area contributed by atoms with Gasteiger partial charge in [-0.2, -0.15) is 0 Å². The van der Waals surface area contributed by atoms with E-state index in [-0.39, 0.29) is 18.3 Å². The molecule has 0 aromatic rings. The van der Waals surface area contributed by atoms with E-state index in [2.05, 4.69) is 6.08 Å². The van der Waals surface area contributed by atoms with Crippen molar-refractivity contribution >= 4 is 0 Å². The molecule has 0 N–H and O–H groups in total. The fourth-order valence-electron chi connectivity index (χ4n) is 3.47. The van der Waals surface area contributed by atoms with E-state index < -0.39 is 5.92 Å². The van der Waals surface area contributed by atoms with Crippen LogP contribution in [0.25, 0.3) is 0 Å². The molecule has 3 aliphatic carbocycles. The van der Waals surface area contributed by atoms with Crippen LogP contribution in [0.3, 0.4) is 0 Å². The van der Waals surface area contributed by atoms with Crippen molar-refractivity contribution in [2.45, 2.75) is 25.2 Å². The molecule has 0 saturated heterocycles. The zero-order valence-electron chi connectivity index (χ0n) is 6.84. The number of hydrogen-bond donors (Lipinski definition) is 0. The third-order valence-corrected chi connectivity index (χ3v) is 3.92. The summed E-state index contributed by atoms with van der Waals surface area (Å²) in [4.78, 5) is 0. The van der Waals surface area contributed by atoms with E-state index in [1.807, 2.05) is 6.08 Å². The van der Waals surface area contributed by atoms with Crippen LogP contribution >= 0.6 is 0 Å². The third kappa shape index (κ3) is 0.668. The molecule has 0 spiro atoms. The lowest BCUT2D eigenvalue weighted by Gasteiger charge is -2.24. The Bertz CT molecular complexity index is 244. The number of halogens is 2. The monoisotopic (exact) mass is 170 g/mol. The maximum Gasteiger partial charge on any atom is 0.251 e. The summed E-state index contributed by atoms with van der Waals surface area (Å²) < 4.78 is 26.6. The smallest absolute Gasteiger partial charge is 0.207 e. The van der Waals surface area contributed by atoms with Crippen LogP contribution in [0.5, 0.6) is 0 Å². The van der Waals surface area contributed by atoms with Crippen molar-refractivity contribution in [2.75, 3.05) is 0 Å². The minimum atomic E-state index is -2.35. The molecule has 2 bridgehead atoms. The molecule has 66 valence electrons. The largest absolute Gasteiger partial charge is 0.251 e. The Balaban J connectivity index is 2.00. The van der Waals surface area contributed by atoms with Gasteiger partial charge in [-0.05, 0) is 30.6 Å². The first kappa shape index (κ1) is 7.05. The molecule has 0 aliphatic heterocycles. The molecular weight excluding hydrogens is 158 g/mol. The number of hydrogen-bond acceptors (Lipinski definition) is 0. The second kappa shape index (κ2) is 1.91. The topological polar surface area (TPSA) is 0 Å². The van der Waals surface area contributed by atoms with Gasteiger partial charge in [-0.25, -0.2) is 8.78 Å². The Morgan fingerprint density at radius 1 is 1.17 bits per heavy atom. The van der Waals surface area contributed by atoms with Crippen molar-refractivity contribution in [1.29, 1.82) is 0 Å². The SMILES string of the molecule is FC1(F)CCC2C3C=CC(C3)C21. The normalized spacial score (nSPS) is 53.2. The van der Waals surface area contributed by atoms with Gasteiger partial charge in [-0.1, -0.05) is 12.2 Å². The second-order valence-electron chi connectivity index (χ2n) is 4.44. The Labute approximate surface area is 70.6 Å². The standard InChI is InChI=1S/C10H12F2/c11-10(12)4-3-8-6-1-2-7(5-6)9(8)10/h1-2,6-9H,3-5H2.